The van der Waals surface area contributed by atoms with E-state index in [4.69, 9.17) is 5.73 Å². The second-order valence-electron chi connectivity index (χ2n) is 6.72. The molecule has 2 unspecified atom stereocenters. The van der Waals surface area contributed by atoms with E-state index < -0.39 is 10.0 Å². The first-order valence-corrected chi connectivity index (χ1v) is 10.2. The number of nitrogens with two attached hydrogens (primary N) is 1. The number of hydrogen-bond donors (Lipinski definition) is 3. The number of hydrogen-bond acceptors (Lipinski definition) is 5. The molecule has 1 heterocycles. The first-order chi connectivity index (χ1) is 12.4. The largest absolute Gasteiger partial charge is 0.354 e. The molecule has 2 atom stereocenters. The number of nitrogens with zero attached hydrogens (tertiary/aromatic N) is 1. The van der Waals surface area contributed by atoms with E-state index in [2.05, 4.69) is 10.6 Å². The van der Waals surface area contributed by atoms with E-state index in [1.165, 1.54) is 12.1 Å². The van der Waals surface area contributed by atoms with Crippen molar-refractivity contribution in [1.82, 2.24) is 14.9 Å². The molecule has 0 radical (unpaired) electrons. The summed E-state index contributed by atoms with van der Waals surface area (Å²) in [5.74, 6) is -0.371. The summed E-state index contributed by atoms with van der Waals surface area (Å²) in [5, 5.41) is 5.57. The van der Waals surface area contributed by atoms with Gasteiger partial charge in [0.05, 0.1) is 11.4 Å². The summed E-state index contributed by atoms with van der Waals surface area (Å²) in [6.45, 7) is 0.806. The van der Waals surface area contributed by atoms with Crippen LogP contribution in [0.3, 0.4) is 0 Å². The molecule has 0 spiro atoms. The number of rotatable bonds is 5. The average Bonchev–Trinajstić information content (AvgIpc) is 3.09. The lowest BCUT2D eigenvalue weighted by molar-refractivity contribution is -0.122. The van der Waals surface area contributed by atoms with E-state index in [0.29, 0.717) is 6.54 Å². The molecule has 9 heteroatoms. The van der Waals surface area contributed by atoms with Gasteiger partial charge in [-0.3, -0.25) is 9.59 Å². The first-order valence-electron chi connectivity index (χ1n) is 8.79. The molecule has 1 saturated heterocycles. The number of carbonyl (C=O) groups excluding carboxylic acids is 2. The van der Waals surface area contributed by atoms with E-state index in [1.807, 2.05) is 0 Å². The molecule has 0 aromatic heterocycles. The molecule has 8 nitrogen and oxygen atoms in total. The first kappa shape index (κ1) is 18.8. The molecule has 26 heavy (non-hydrogen) atoms. The number of nitrogens with one attached hydrogen (secondary N) is 2. The van der Waals surface area contributed by atoms with Crippen molar-refractivity contribution < 1.29 is 18.0 Å². The Kier molecular flexibility index (Phi) is 5.59. The van der Waals surface area contributed by atoms with Crippen molar-refractivity contribution in [2.75, 3.05) is 26.2 Å². The van der Waals surface area contributed by atoms with Gasteiger partial charge in [0.15, 0.2) is 0 Å². The normalized spacial score (nSPS) is 24.3. The molecule has 1 aromatic carbocycles. The van der Waals surface area contributed by atoms with Gasteiger partial charge >= 0.3 is 0 Å². The number of piperazine rings is 1. The smallest absolute Gasteiger partial charge is 0.251 e. The van der Waals surface area contributed by atoms with Crippen molar-refractivity contribution in [1.29, 1.82) is 0 Å². The molecule has 1 aliphatic carbocycles. The average molecular weight is 380 g/mol. The molecule has 0 bridgehead atoms. The third-order valence-corrected chi connectivity index (χ3v) is 6.86. The summed E-state index contributed by atoms with van der Waals surface area (Å²) in [6, 6.07) is 5.96. The molecule has 1 aliphatic heterocycles. The fourth-order valence-electron chi connectivity index (χ4n) is 3.53. The summed E-state index contributed by atoms with van der Waals surface area (Å²) in [7, 11) is -3.82. The summed E-state index contributed by atoms with van der Waals surface area (Å²) < 4.78 is 26.6. The van der Waals surface area contributed by atoms with Gasteiger partial charge in [0.1, 0.15) is 0 Å². The number of benzene rings is 1. The Morgan fingerprint density at radius 3 is 2.88 bits per heavy atom. The van der Waals surface area contributed by atoms with Crippen LogP contribution in [0.4, 0.5) is 0 Å². The van der Waals surface area contributed by atoms with E-state index in [9.17, 15) is 18.0 Å². The lowest BCUT2D eigenvalue weighted by Crippen LogP contribution is -2.49. The fraction of sp³-hybridized carbons (Fsp3) is 0.529. The van der Waals surface area contributed by atoms with Crippen molar-refractivity contribution in [2.24, 2.45) is 11.7 Å². The number of carbonyl (C=O) groups is 2. The molecule has 142 valence electrons. The van der Waals surface area contributed by atoms with Crippen LogP contribution in [-0.4, -0.2) is 56.8 Å². The van der Waals surface area contributed by atoms with Gasteiger partial charge in [-0.15, -0.1) is 0 Å². The zero-order valence-corrected chi connectivity index (χ0v) is 15.3. The maximum atomic E-state index is 12.7. The van der Waals surface area contributed by atoms with Gasteiger partial charge in [-0.05, 0) is 43.5 Å². The highest BCUT2D eigenvalue weighted by atomic mass is 32.2. The molecule has 2 aliphatic rings. The zero-order chi connectivity index (χ0) is 18.7. The van der Waals surface area contributed by atoms with Gasteiger partial charge in [0, 0.05) is 24.7 Å². The third-order valence-electron chi connectivity index (χ3n) is 5.02. The van der Waals surface area contributed by atoms with Crippen LogP contribution in [-0.2, 0) is 14.8 Å². The van der Waals surface area contributed by atoms with Gasteiger partial charge < -0.3 is 16.4 Å². The van der Waals surface area contributed by atoms with Crippen LogP contribution in [0, 0.1) is 5.92 Å². The Balaban J connectivity index is 1.77. The highest BCUT2D eigenvalue weighted by molar-refractivity contribution is 7.89. The topological polar surface area (TPSA) is 122 Å². The molecule has 2 amide bonds. The van der Waals surface area contributed by atoms with Crippen molar-refractivity contribution in [3.63, 3.8) is 0 Å². The lowest BCUT2D eigenvalue weighted by atomic mass is 10.0. The molecule has 4 N–H and O–H groups in total. The van der Waals surface area contributed by atoms with E-state index >= 15 is 0 Å². The van der Waals surface area contributed by atoms with E-state index in [0.717, 1.165) is 23.6 Å². The van der Waals surface area contributed by atoms with Crippen LogP contribution in [0.25, 0.3) is 0 Å². The fourth-order valence-corrected chi connectivity index (χ4v) is 4.97. The zero-order valence-electron chi connectivity index (χ0n) is 14.5. The molecule has 1 aromatic rings. The Bertz CT molecular complexity index is 796. The van der Waals surface area contributed by atoms with E-state index in [-0.39, 0.29) is 53.9 Å². The summed E-state index contributed by atoms with van der Waals surface area (Å²) in [5.41, 5.74) is 6.03. The highest BCUT2D eigenvalue weighted by Gasteiger charge is 2.30. The minimum absolute atomic E-state index is 0.0154. The Hall–Kier alpha value is -1.97. The quantitative estimate of drug-likeness (QED) is 0.645. The Morgan fingerprint density at radius 2 is 2.15 bits per heavy atom. The molecular formula is C17H24N4O4S. The van der Waals surface area contributed by atoms with Crippen molar-refractivity contribution >= 4 is 21.8 Å². The maximum absolute atomic E-state index is 12.7. The summed E-state index contributed by atoms with van der Waals surface area (Å²) >= 11 is 0. The predicted octanol–water partition coefficient (Wildman–Crippen LogP) is -0.336. The molecule has 2 fully saturated rings. The minimum Gasteiger partial charge on any atom is -0.354 e. The minimum atomic E-state index is -3.82. The van der Waals surface area contributed by atoms with Crippen LogP contribution >= 0.6 is 0 Å². The van der Waals surface area contributed by atoms with Gasteiger partial charge in [-0.1, -0.05) is 12.5 Å². The summed E-state index contributed by atoms with van der Waals surface area (Å²) in [6.07, 6.45) is 2.90. The Labute approximate surface area is 153 Å². The lowest BCUT2D eigenvalue weighted by Gasteiger charge is -2.26. The van der Waals surface area contributed by atoms with Crippen LogP contribution in [0.1, 0.15) is 29.6 Å². The SMILES string of the molecule is NCC1CCCC1NC(=O)c1cccc(S(=O)(=O)N2CCNC(=O)C2)c1. The standard InChI is InChI=1S/C17H24N4O4S/c18-10-13-4-2-6-15(13)20-17(23)12-3-1-5-14(9-12)26(24,25)21-8-7-19-16(22)11-21/h1,3,5,9,13,15H,2,4,6-8,10-11,18H2,(H,19,22)(H,20,23). The Morgan fingerprint density at radius 1 is 1.35 bits per heavy atom. The van der Waals surface area contributed by atoms with Crippen LogP contribution in [0.5, 0.6) is 0 Å². The van der Waals surface area contributed by atoms with Crippen molar-refractivity contribution in [3.05, 3.63) is 29.8 Å². The van der Waals surface area contributed by atoms with Crippen molar-refractivity contribution in [3.8, 4) is 0 Å². The van der Waals surface area contributed by atoms with Crippen LogP contribution < -0.4 is 16.4 Å². The van der Waals surface area contributed by atoms with Gasteiger partial charge in [0.2, 0.25) is 15.9 Å². The highest BCUT2D eigenvalue weighted by Crippen LogP contribution is 2.25. The van der Waals surface area contributed by atoms with E-state index in [1.54, 1.807) is 12.1 Å². The van der Waals surface area contributed by atoms with Crippen molar-refractivity contribution in [2.45, 2.75) is 30.2 Å². The number of sulfonamides is 1. The van der Waals surface area contributed by atoms with Gasteiger partial charge in [-0.25, -0.2) is 8.42 Å². The number of amides is 2. The predicted molar refractivity (Wildman–Crippen MR) is 95.9 cm³/mol. The molecule has 1 saturated carbocycles. The molecule has 3 rings (SSSR count). The summed E-state index contributed by atoms with van der Waals surface area (Å²) in [4.78, 5) is 24.0. The van der Waals surface area contributed by atoms with Crippen LogP contribution in [0.2, 0.25) is 0 Å². The van der Waals surface area contributed by atoms with Gasteiger partial charge in [-0.2, -0.15) is 4.31 Å². The van der Waals surface area contributed by atoms with Crippen LogP contribution in [0.15, 0.2) is 29.2 Å². The molecular weight excluding hydrogens is 356 g/mol. The third kappa shape index (κ3) is 3.89. The second-order valence-corrected chi connectivity index (χ2v) is 8.66. The monoisotopic (exact) mass is 380 g/mol. The van der Waals surface area contributed by atoms with Gasteiger partial charge in [0.25, 0.3) is 5.91 Å². The second kappa shape index (κ2) is 7.73. The maximum Gasteiger partial charge on any atom is 0.251 e.